The molecule has 0 saturated carbocycles. The Bertz CT molecular complexity index is 1050. The summed E-state index contributed by atoms with van der Waals surface area (Å²) < 4.78 is 11.7. The molecule has 29 heavy (non-hydrogen) atoms. The molecule has 0 spiro atoms. The van der Waals surface area contributed by atoms with Crippen molar-refractivity contribution in [3.63, 3.8) is 0 Å². The van der Waals surface area contributed by atoms with E-state index in [9.17, 15) is 9.59 Å². The van der Waals surface area contributed by atoms with E-state index in [1.165, 1.54) is 4.68 Å². The van der Waals surface area contributed by atoms with Crippen molar-refractivity contribution in [2.45, 2.75) is 13.5 Å². The first-order chi connectivity index (χ1) is 14.0. The molecule has 0 atom stereocenters. The van der Waals surface area contributed by atoms with E-state index in [-0.39, 0.29) is 18.8 Å². The van der Waals surface area contributed by atoms with Crippen LogP contribution in [0.2, 0.25) is 5.02 Å². The van der Waals surface area contributed by atoms with Crippen LogP contribution >= 0.6 is 11.6 Å². The van der Waals surface area contributed by atoms with E-state index < -0.39 is 5.97 Å². The summed E-state index contributed by atoms with van der Waals surface area (Å²) in [6, 6.07) is 15.8. The van der Waals surface area contributed by atoms with Crippen LogP contribution in [0.1, 0.15) is 23.0 Å². The first-order valence-electron chi connectivity index (χ1n) is 8.95. The van der Waals surface area contributed by atoms with E-state index in [1.54, 1.807) is 56.5 Å². The Hall–Kier alpha value is -3.34. The predicted octanol–water partition coefficient (Wildman–Crippen LogP) is 4.30. The Labute approximate surface area is 173 Å². The minimum absolute atomic E-state index is 0.0670. The molecule has 3 aromatic rings. The number of aromatic nitrogens is 2. The zero-order valence-corrected chi connectivity index (χ0v) is 16.8. The summed E-state index contributed by atoms with van der Waals surface area (Å²) in [5.41, 5.74) is 2.63. The highest BCUT2D eigenvalue weighted by molar-refractivity contribution is 6.30. The van der Waals surface area contributed by atoms with Crippen molar-refractivity contribution in [2.24, 2.45) is 0 Å². The first kappa shape index (κ1) is 20.4. The molecule has 0 fully saturated rings. The second-order valence-electron chi connectivity index (χ2n) is 6.11. The summed E-state index contributed by atoms with van der Waals surface area (Å²) >= 11 is 5.95. The Morgan fingerprint density at radius 3 is 2.41 bits per heavy atom. The third kappa shape index (κ3) is 4.74. The average molecular weight is 411 g/mol. The van der Waals surface area contributed by atoms with Crippen LogP contribution in [0, 0.1) is 0 Å². The first-order valence-corrected chi connectivity index (χ1v) is 9.32. The molecule has 0 saturated heterocycles. The van der Waals surface area contributed by atoms with Crippen LogP contribution in [0.4, 0.5) is 0 Å². The van der Waals surface area contributed by atoms with Crippen LogP contribution in [0.15, 0.2) is 54.6 Å². The van der Waals surface area contributed by atoms with Gasteiger partial charge < -0.3 is 9.47 Å². The van der Waals surface area contributed by atoms with Crippen LogP contribution in [0.25, 0.3) is 16.8 Å². The highest BCUT2D eigenvalue weighted by Crippen LogP contribution is 2.24. The van der Waals surface area contributed by atoms with Crippen molar-refractivity contribution in [3.8, 4) is 17.0 Å². The molecule has 1 heterocycles. The lowest BCUT2D eigenvalue weighted by molar-refractivity contribution is 0.0513. The van der Waals surface area contributed by atoms with Crippen LogP contribution in [0.5, 0.6) is 5.75 Å². The lowest BCUT2D eigenvalue weighted by Gasteiger charge is -2.09. The number of carbonyl (C=O) groups excluding carboxylic acids is 2. The molecule has 0 amide bonds. The van der Waals surface area contributed by atoms with Crippen LogP contribution in [-0.2, 0) is 16.1 Å². The SMILES string of the molecule is CCOC(=O)c1cc(-c2ccc(Cl)cc2)nn1CC(=C=O)c1ccc(OC)cc1. The second kappa shape index (κ2) is 9.24. The number of esters is 1. The lowest BCUT2D eigenvalue weighted by atomic mass is 10.1. The maximum Gasteiger partial charge on any atom is 0.356 e. The smallest absolute Gasteiger partial charge is 0.356 e. The number of nitrogens with zero attached hydrogens (tertiary/aromatic N) is 2. The van der Waals surface area contributed by atoms with Gasteiger partial charge >= 0.3 is 5.97 Å². The topological polar surface area (TPSA) is 70.4 Å². The van der Waals surface area contributed by atoms with Gasteiger partial charge in [0.1, 0.15) is 17.4 Å². The molecular formula is C22H19ClN2O4. The third-order valence-corrected chi connectivity index (χ3v) is 4.53. The molecule has 0 aliphatic rings. The summed E-state index contributed by atoms with van der Waals surface area (Å²) in [5, 5.41) is 5.11. The number of ether oxygens (including phenoxy) is 2. The Balaban J connectivity index is 1.98. The van der Waals surface area contributed by atoms with E-state index in [0.717, 1.165) is 5.56 Å². The maximum absolute atomic E-state index is 12.4. The molecule has 0 unspecified atom stereocenters. The van der Waals surface area contributed by atoms with Crippen molar-refractivity contribution in [3.05, 3.63) is 70.9 Å². The van der Waals surface area contributed by atoms with Gasteiger partial charge in [-0.1, -0.05) is 35.9 Å². The van der Waals surface area contributed by atoms with Gasteiger partial charge in [-0.15, -0.1) is 0 Å². The molecular weight excluding hydrogens is 392 g/mol. The van der Waals surface area contributed by atoms with Gasteiger partial charge in [0.05, 0.1) is 31.5 Å². The number of hydrogen-bond acceptors (Lipinski definition) is 5. The number of methoxy groups -OCH3 is 1. The summed E-state index contributed by atoms with van der Waals surface area (Å²) in [4.78, 5) is 24.0. The Morgan fingerprint density at radius 1 is 1.14 bits per heavy atom. The molecule has 148 valence electrons. The molecule has 1 aromatic heterocycles. The highest BCUT2D eigenvalue weighted by Gasteiger charge is 2.19. The quantitative estimate of drug-likeness (QED) is 0.429. The summed E-state index contributed by atoms with van der Waals surface area (Å²) in [6.07, 6.45) is 0. The predicted molar refractivity (Wildman–Crippen MR) is 111 cm³/mol. The maximum atomic E-state index is 12.4. The van der Waals surface area contributed by atoms with Crippen LogP contribution in [0.3, 0.4) is 0 Å². The molecule has 0 radical (unpaired) electrons. The van der Waals surface area contributed by atoms with Gasteiger partial charge in [-0.05, 0) is 42.8 Å². The molecule has 0 N–H and O–H groups in total. The van der Waals surface area contributed by atoms with Gasteiger partial charge in [-0.2, -0.15) is 5.10 Å². The van der Waals surface area contributed by atoms with Crippen LogP contribution < -0.4 is 4.74 Å². The Morgan fingerprint density at radius 2 is 1.83 bits per heavy atom. The van der Waals surface area contributed by atoms with E-state index in [2.05, 4.69) is 5.10 Å². The van der Waals surface area contributed by atoms with Gasteiger partial charge in [-0.25, -0.2) is 9.59 Å². The number of allylic oxidation sites excluding steroid dienone is 1. The largest absolute Gasteiger partial charge is 0.497 e. The van der Waals surface area contributed by atoms with Crippen molar-refractivity contribution in [2.75, 3.05) is 13.7 Å². The zero-order chi connectivity index (χ0) is 20.8. The minimum atomic E-state index is -0.514. The van der Waals surface area contributed by atoms with Crippen molar-refractivity contribution >= 4 is 29.1 Å². The van der Waals surface area contributed by atoms with Gasteiger partial charge in [0.25, 0.3) is 0 Å². The summed E-state index contributed by atoms with van der Waals surface area (Å²) in [6.45, 7) is 2.03. The standard InChI is InChI=1S/C22H19ClN2O4/c1-3-29-22(27)21-12-20(16-4-8-18(23)9-5-16)24-25(21)13-17(14-26)15-6-10-19(28-2)11-7-15/h4-12H,3,13H2,1-2H3. The number of halogens is 1. The third-order valence-electron chi connectivity index (χ3n) is 4.27. The molecule has 6 nitrogen and oxygen atoms in total. The van der Waals surface area contributed by atoms with E-state index >= 15 is 0 Å². The monoisotopic (exact) mass is 410 g/mol. The van der Waals surface area contributed by atoms with Crippen LogP contribution in [-0.4, -0.2) is 35.4 Å². The molecule has 3 rings (SSSR count). The van der Waals surface area contributed by atoms with Gasteiger partial charge in [0.15, 0.2) is 0 Å². The molecule has 7 heteroatoms. The highest BCUT2D eigenvalue weighted by atomic mass is 35.5. The molecule has 2 aromatic carbocycles. The van der Waals surface area contributed by atoms with Crippen molar-refractivity contribution in [1.29, 1.82) is 0 Å². The fourth-order valence-electron chi connectivity index (χ4n) is 2.79. The van der Waals surface area contributed by atoms with E-state index in [1.807, 2.05) is 18.1 Å². The number of hydrogen-bond donors (Lipinski definition) is 0. The molecule has 0 bridgehead atoms. The molecule has 0 aliphatic carbocycles. The summed E-state index contributed by atoms with van der Waals surface area (Å²) in [7, 11) is 1.57. The summed E-state index contributed by atoms with van der Waals surface area (Å²) in [5.74, 6) is 2.12. The minimum Gasteiger partial charge on any atom is -0.497 e. The molecule has 0 aliphatic heterocycles. The van der Waals surface area contributed by atoms with Crippen molar-refractivity contribution < 1.29 is 19.1 Å². The van der Waals surface area contributed by atoms with E-state index in [0.29, 0.717) is 27.6 Å². The van der Waals surface area contributed by atoms with Gasteiger partial charge in [-0.3, -0.25) is 4.68 Å². The lowest BCUT2D eigenvalue weighted by Crippen LogP contribution is -2.14. The van der Waals surface area contributed by atoms with E-state index in [4.69, 9.17) is 21.1 Å². The van der Waals surface area contributed by atoms with Crippen molar-refractivity contribution in [1.82, 2.24) is 9.78 Å². The fraction of sp³-hybridized carbons (Fsp3) is 0.182. The second-order valence-corrected chi connectivity index (χ2v) is 6.55. The number of carbonyl (C=O) groups is 1. The van der Waals surface area contributed by atoms with Gasteiger partial charge in [0, 0.05) is 10.6 Å². The Kier molecular flexibility index (Phi) is 6.50. The fourth-order valence-corrected chi connectivity index (χ4v) is 2.92. The normalized spacial score (nSPS) is 10.3. The number of benzene rings is 2. The number of rotatable bonds is 7. The van der Waals surface area contributed by atoms with Gasteiger partial charge in [0.2, 0.25) is 0 Å². The zero-order valence-electron chi connectivity index (χ0n) is 16.0. The average Bonchev–Trinajstić information content (AvgIpc) is 3.17.